The molecule has 2 rings (SSSR count). The van der Waals surface area contributed by atoms with Crippen LogP contribution in [0.3, 0.4) is 0 Å². The zero-order valence-corrected chi connectivity index (χ0v) is 14.0. The number of methoxy groups -OCH3 is 1. The lowest BCUT2D eigenvalue weighted by atomic mass is 10.0. The van der Waals surface area contributed by atoms with E-state index in [9.17, 15) is 4.79 Å². The molecule has 0 aliphatic heterocycles. The third-order valence-corrected chi connectivity index (χ3v) is 3.57. The molecule has 0 bridgehead atoms. The number of hydrogen-bond acceptors (Lipinski definition) is 6. The molecule has 1 aromatic heterocycles. The van der Waals surface area contributed by atoms with Crippen molar-refractivity contribution < 1.29 is 9.53 Å². The Bertz CT molecular complexity index is 705. The fourth-order valence-electron chi connectivity index (χ4n) is 2.30. The Hall–Kier alpha value is -2.51. The van der Waals surface area contributed by atoms with E-state index in [-0.39, 0.29) is 11.6 Å². The van der Waals surface area contributed by atoms with Gasteiger partial charge in [-0.2, -0.15) is 0 Å². The molecule has 0 saturated carbocycles. The van der Waals surface area contributed by atoms with Crippen molar-refractivity contribution in [2.45, 2.75) is 19.4 Å². The minimum absolute atomic E-state index is 0.179. The summed E-state index contributed by atoms with van der Waals surface area (Å²) >= 11 is 0. The number of anilines is 1. The largest absolute Gasteiger partial charge is 0.383 e. The topological polar surface area (TPSA) is 116 Å². The Labute approximate surface area is 141 Å². The fraction of sp³-hybridized carbons (Fsp3) is 0.353. The predicted molar refractivity (Wildman–Crippen MR) is 93.7 cm³/mol. The standard InChI is InChI=1S/C17H23N5O2/c1-3-11-5-4-6-12(7-11)15-14(16(19)23)9-21-17(22-15)20-8-13(18)10-24-2/h4-7,9,13H,3,8,10,18H2,1-2H3,(H2,19,23)(H,20,21,22)/t13-/m0/s1. The van der Waals surface area contributed by atoms with Gasteiger partial charge in [-0.1, -0.05) is 25.1 Å². The zero-order chi connectivity index (χ0) is 17.5. The Morgan fingerprint density at radius 3 is 2.88 bits per heavy atom. The van der Waals surface area contributed by atoms with Crippen LogP contribution in [0.5, 0.6) is 0 Å². The number of ether oxygens (including phenoxy) is 1. The summed E-state index contributed by atoms with van der Waals surface area (Å²) in [5.41, 5.74) is 14.1. The van der Waals surface area contributed by atoms with E-state index in [2.05, 4.69) is 22.2 Å². The van der Waals surface area contributed by atoms with Crippen LogP contribution < -0.4 is 16.8 Å². The third-order valence-electron chi connectivity index (χ3n) is 3.57. The second-order valence-electron chi connectivity index (χ2n) is 5.47. The molecule has 128 valence electrons. The molecule has 1 amide bonds. The number of primary amides is 1. The van der Waals surface area contributed by atoms with E-state index in [1.54, 1.807) is 7.11 Å². The lowest BCUT2D eigenvalue weighted by Crippen LogP contribution is -2.33. The maximum Gasteiger partial charge on any atom is 0.252 e. The zero-order valence-electron chi connectivity index (χ0n) is 14.0. The molecule has 7 nitrogen and oxygen atoms in total. The minimum Gasteiger partial charge on any atom is -0.383 e. The highest BCUT2D eigenvalue weighted by Crippen LogP contribution is 2.23. The Balaban J connectivity index is 2.32. The third kappa shape index (κ3) is 4.50. The van der Waals surface area contributed by atoms with Gasteiger partial charge < -0.3 is 21.5 Å². The number of hydrogen-bond donors (Lipinski definition) is 3. The van der Waals surface area contributed by atoms with Crippen molar-refractivity contribution in [1.29, 1.82) is 0 Å². The molecular formula is C17H23N5O2. The molecule has 0 fully saturated rings. The normalized spacial score (nSPS) is 12.0. The highest BCUT2D eigenvalue weighted by molar-refractivity contribution is 5.98. The SMILES string of the molecule is CCc1cccc(-c2nc(NC[C@H](N)COC)ncc2C(N)=O)c1. The summed E-state index contributed by atoms with van der Waals surface area (Å²) in [5.74, 6) is -0.169. The highest BCUT2D eigenvalue weighted by Gasteiger charge is 2.14. The van der Waals surface area contributed by atoms with Crippen LogP contribution in [0, 0.1) is 0 Å². The van der Waals surface area contributed by atoms with E-state index in [0.29, 0.717) is 24.8 Å². The Kier molecular flexibility index (Phi) is 6.22. The molecular weight excluding hydrogens is 306 g/mol. The Morgan fingerprint density at radius 2 is 2.21 bits per heavy atom. The van der Waals surface area contributed by atoms with Crippen molar-refractivity contribution in [3.8, 4) is 11.3 Å². The van der Waals surface area contributed by atoms with Crippen molar-refractivity contribution in [2.75, 3.05) is 25.6 Å². The van der Waals surface area contributed by atoms with Crippen LogP contribution in [0.2, 0.25) is 0 Å². The molecule has 2 aromatic rings. The first-order valence-corrected chi connectivity index (χ1v) is 7.79. The van der Waals surface area contributed by atoms with Gasteiger partial charge in [-0.3, -0.25) is 4.79 Å². The second kappa shape index (κ2) is 8.37. The number of nitrogens with one attached hydrogen (secondary N) is 1. The van der Waals surface area contributed by atoms with Gasteiger partial charge in [-0.05, 0) is 18.1 Å². The van der Waals surface area contributed by atoms with E-state index in [4.69, 9.17) is 16.2 Å². The number of aryl methyl sites for hydroxylation is 1. The predicted octanol–water partition coefficient (Wildman–Crippen LogP) is 1.19. The van der Waals surface area contributed by atoms with Crippen molar-refractivity contribution in [1.82, 2.24) is 9.97 Å². The van der Waals surface area contributed by atoms with Gasteiger partial charge in [0.15, 0.2) is 0 Å². The van der Waals surface area contributed by atoms with Gasteiger partial charge in [0.05, 0.1) is 17.9 Å². The number of amides is 1. The molecule has 1 aromatic carbocycles. The summed E-state index contributed by atoms with van der Waals surface area (Å²) in [6.45, 7) is 2.95. The van der Waals surface area contributed by atoms with Crippen LogP contribution in [0.1, 0.15) is 22.8 Å². The highest BCUT2D eigenvalue weighted by atomic mass is 16.5. The second-order valence-corrected chi connectivity index (χ2v) is 5.47. The maximum atomic E-state index is 11.7. The van der Waals surface area contributed by atoms with Crippen molar-refractivity contribution in [2.24, 2.45) is 11.5 Å². The molecule has 7 heteroatoms. The van der Waals surface area contributed by atoms with Gasteiger partial charge in [0.1, 0.15) is 0 Å². The van der Waals surface area contributed by atoms with Gasteiger partial charge in [0, 0.05) is 31.5 Å². The minimum atomic E-state index is -0.561. The van der Waals surface area contributed by atoms with Crippen molar-refractivity contribution in [3.63, 3.8) is 0 Å². The summed E-state index contributed by atoms with van der Waals surface area (Å²) in [6.07, 6.45) is 2.33. The molecule has 0 spiro atoms. The summed E-state index contributed by atoms with van der Waals surface area (Å²) in [5, 5.41) is 3.05. The first-order valence-electron chi connectivity index (χ1n) is 7.79. The number of aromatic nitrogens is 2. The molecule has 0 aliphatic rings. The lowest BCUT2D eigenvalue weighted by molar-refractivity contribution is 0.100. The number of benzene rings is 1. The molecule has 1 atom stereocenters. The summed E-state index contributed by atoms with van der Waals surface area (Å²) in [4.78, 5) is 20.3. The lowest BCUT2D eigenvalue weighted by Gasteiger charge is -2.13. The fourth-order valence-corrected chi connectivity index (χ4v) is 2.30. The monoisotopic (exact) mass is 329 g/mol. The van der Waals surface area contributed by atoms with Crippen LogP contribution in [0.4, 0.5) is 5.95 Å². The summed E-state index contributed by atoms with van der Waals surface area (Å²) < 4.78 is 4.99. The van der Waals surface area contributed by atoms with Crippen molar-refractivity contribution in [3.05, 3.63) is 41.6 Å². The molecule has 0 unspecified atom stereocenters. The number of rotatable bonds is 8. The Morgan fingerprint density at radius 1 is 1.42 bits per heavy atom. The van der Waals surface area contributed by atoms with Gasteiger partial charge in [-0.25, -0.2) is 9.97 Å². The smallest absolute Gasteiger partial charge is 0.252 e. The van der Waals surface area contributed by atoms with E-state index in [1.807, 2.05) is 24.3 Å². The van der Waals surface area contributed by atoms with Crippen LogP contribution in [0.25, 0.3) is 11.3 Å². The molecule has 1 heterocycles. The quantitative estimate of drug-likeness (QED) is 0.670. The number of nitrogens with zero attached hydrogens (tertiary/aromatic N) is 2. The van der Waals surface area contributed by atoms with Gasteiger partial charge >= 0.3 is 0 Å². The van der Waals surface area contributed by atoms with E-state index in [0.717, 1.165) is 17.5 Å². The molecule has 24 heavy (non-hydrogen) atoms. The van der Waals surface area contributed by atoms with Crippen LogP contribution in [0.15, 0.2) is 30.5 Å². The average Bonchev–Trinajstić information content (AvgIpc) is 2.60. The first-order chi connectivity index (χ1) is 11.5. The number of carbonyl (C=O) groups is 1. The molecule has 0 radical (unpaired) electrons. The molecule has 0 saturated heterocycles. The maximum absolute atomic E-state index is 11.7. The van der Waals surface area contributed by atoms with E-state index >= 15 is 0 Å². The first kappa shape index (κ1) is 17.8. The molecule has 0 aliphatic carbocycles. The van der Waals surface area contributed by atoms with Gasteiger partial charge in [-0.15, -0.1) is 0 Å². The van der Waals surface area contributed by atoms with Gasteiger partial charge in [0.2, 0.25) is 5.95 Å². The average molecular weight is 329 g/mol. The van der Waals surface area contributed by atoms with Crippen LogP contribution >= 0.6 is 0 Å². The van der Waals surface area contributed by atoms with E-state index in [1.165, 1.54) is 6.20 Å². The van der Waals surface area contributed by atoms with Crippen molar-refractivity contribution >= 4 is 11.9 Å². The number of carbonyl (C=O) groups excluding carboxylic acids is 1. The number of nitrogens with two attached hydrogens (primary N) is 2. The van der Waals surface area contributed by atoms with Crippen LogP contribution in [-0.4, -0.2) is 42.2 Å². The van der Waals surface area contributed by atoms with E-state index < -0.39 is 5.91 Å². The summed E-state index contributed by atoms with van der Waals surface area (Å²) in [6, 6.07) is 7.67. The van der Waals surface area contributed by atoms with Crippen LogP contribution in [-0.2, 0) is 11.2 Å². The molecule has 5 N–H and O–H groups in total. The summed E-state index contributed by atoms with van der Waals surface area (Å²) in [7, 11) is 1.59. The van der Waals surface area contributed by atoms with Gasteiger partial charge in [0.25, 0.3) is 5.91 Å².